The van der Waals surface area contributed by atoms with Crippen LogP contribution in [0.1, 0.15) is 30.5 Å². The Balaban J connectivity index is 2.88. The van der Waals surface area contributed by atoms with E-state index in [-0.39, 0.29) is 6.04 Å². The van der Waals surface area contributed by atoms with Gasteiger partial charge in [-0.1, -0.05) is 6.92 Å². The van der Waals surface area contributed by atoms with E-state index in [2.05, 4.69) is 30.1 Å². The Kier molecular flexibility index (Phi) is 4.15. The molecule has 1 heterocycles. The van der Waals surface area contributed by atoms with E-state index in [1.807, 2.05) is 12.3 Å². The fourth-order valence-electron chi connectivity index (χ4n) is 1.50. The first-order chi connectivity index (χ1) is 6.79. The molecule has 2 heteroatoms. The van der Waals surface area contributed by atoms with Gasteiger partial charge in [0.05, 0.1) is 0 Å². The minimum Gasteiger partial charge on any atom is -0.309 e. The van der Waals surface area contributed by atoms with Crippen molar-refractivity contribution in [2.45, 2.75) is 26.3 Å². The SMILES string of the molecule is C#CCC(NCC)c1cnccc1C. The highest BCUT2D eigenvalue weighted by molar-refractivity contribution is 5.26. The lowest BCUT2D eigenvalue weighted by atomic mass is 10.0. The van der Waals surface area contributed by atoms with Crippen molar-refractivity contribution in [3.05, 3.63) is 29.6 Å². The number of terminal acetylenes is 1. The van der Waals surface area contributed by atoms with Crippen LogP contribution in [0.3, 0.4) is 0 Å². The first kappa shape index (κ1) is 10.7. The molecule has 0 aliphatic heterocycles. The lowest BCUT2D eigenvalue weighted by Gasteiger charge is -2.17. The van der Waals surface area contributed by atoms with Crippen LogP contribution in [0.25, 0.3) is 0 Å². The van der Waals surface area contributed by atoms with Crippen molar-refractivity contribution in [2.24, 2.45) is 0 Å². The van der Waals surface area contributed by atoms with E-state index in [1.165, 1.54) is 11.1 Å². The summed E-state index contributed by atoms with van der Waals surface area (Å²) in [4.78, 5) is 4.12. The molecular formula is C12H16N2. The summed E-state index contributed by atoms with van der Waals surface area (Å²) in [5.74, 6) is 2.69. The zero-order chi connectivity index (χ0) is 10.4. The summed E-state index contributed by atoms with van der Waals surface area (Å²) in [6.45, 7) is 5.08. The quantitative estimate of drug-likeness (QED) is 0.732. The summed E-state index contributed by atoms with van der Waals surface area (Å²) in [7, 11) is 0. The molecule has 1 aromatic heterocycles. The fourth-order valence-corrected chi connectivity index (χ4v) is 1.50. The number of nitrogens with zero attached hydrogens (tertiary/aromatic N) is 1. The smallest absolute Gasteiger partial charge is 0.0448 e. The van der Waals surface area contributed by atoms with Gasteiger partial charge in [0.25, 0.3) is 0 Å². The number of nitrogens with one attached hydrogen (secondary N) is 1. The van der Waals surface area contributed by atoms with Gasteiger partial charge < -0.3 is 5.32 Å². The summed E-state index contributed by atoms with van der Waals surface area (Å²) in [6.07, 6.45) is 9.74. The molecule has 0 aromatic carbocycles. The maximum absolute atomic E-state index is 5.34. The van der Waals surface area contributed by atoms with E-state index >= 15 is 0 Å². The second kappa shape index (κ2) is 5.41. The summed E-state index contributed by atoms with van der Waals surface area (Å²) in [5, 5.41) is 3.36. The molecule has 0 aliphatic carbocycles. The average Bonchev–Trinajstić information content (AvgIpc) is 2.18. The monoisotopic (exact) mass is 188 g/mol. The molecule has 0 aliphatic rings. The number of aryl methyl sites for hydroxylation is 1. The largest absolute Gasteiger partial charge is 0.309 e. The van der Waals surface area contributed by atoms with Crippen molar-refractivity contribution < 1.29 is 0 Å². The second-order valence-corrected chi connectivity index (χ2v) is 3.25. The van der Waals surface area contributed by atoms with Crippen LogP contribution in [0.5, 0.6) is 0 Å². The molecule has 0 fully saturated rings. The van der Waals surface area contributed by atoms with Gasteiger partial charge in [-0.15, -0.1) is 12.3 Å². The van der Waals surface area contributed by atoms with Crippen LogP contribution < -0.4 is 5.32 Å². The number of hydrogen-bond donors (Lipinski definition) is 1. The average molecular weight is 188 g/mol. The minimum atomic E-state index is 0.235. The van der Waals surface area contributed by atoms with Crippen LogP contribution in [0.15, 0.2) is 18.5 Å². The standard InChI is InChI=1S/C12H16N2/c1-4-6-12(14-5-2)11-9-13-8-7-10(11)3/h1,7-9,12,14H,5-6H2,2-3H3. The maximum atomic E-state index is 5.34. The van der Waals surface area contributed by atoms with Gasteiger partial charge in [-0.3, -0.25) is 4.98 Å². The first-order valence-corrected chi connectivity index (χ1v) is 4.87. The number of aromatic nitrogens is 1. The molecule has 1 aromatic rings. The summed E-state index contributed by atoms with van der Waals surface area (Å²) < 4.78 is 0. The molecule has 1 N–H and O–H groups in total. The Morgan fingerprint density at radius 1 is 1.64 bits per heavy atom. The Morgan fingerprint density at radius 2 is 2.43 bits per heavy atom. The van der Waals surface area contributed by atoms with Gasteiger partial charge in [0.2, 0.25) is 0 Å². The Bertz CT molecular complexity index is 325. The third-order valence-corrected chi connectivity index (χ3v) is 2.23. The second-order valence-electron chi connectivity index (χ2n) is 3.25. The van der Waals surface area contributed by atoms with Crippen LogP contribution >= 0.6 is 0 Å². The van der Waals surface area contributed by atoms with Gasteiger partial charge in [-0.25, -0.2) is 0 Å². The first-order valence-electron chi connectivity index (χ1n) is 4.87. The van der Waals surface area contributed by atoms with Crippen LogP contribution in [-0.2, 0) is 0 Å². The van der Waals surface area contributed by atoms with Crippen LogP contribution in [0.2, 0.25) is 0 Å². The van der Waals surface area contributed by atoms with E-state index in [9.17, 15) is 0 Å². The van der Waals surface area contributed by atoms with E-state index in [4.69, 9.17) is 6.42 Å². The van der Waals surface area contributed by atoms with Crippen molar-refractivity contribution in [2.75, 3.05) is 6.54 Å². The predicted octanol–water partition coefficient (Wildman–Crippen LogP) is 2.06. The van der Waals surface area contributed by atoms with Gasteiger partial charge >= 0.3 is 0 Å². The predicted molar refractivity (Wildman–Crippen MR) is 58.8 cm³/mol. The Hall–Kier alpha value is -1.33. The van der Waals surface area contributed by atoms with Gasteiger partial charge in [0, 0.05) is 24.9 Å². The minimum absolute atomic E-state index is 0.235. The molecule has 0 bridgehead atoms. The van der Waals surface area contributed by atoms with Crippen molar-refractivity contribution >= 4 is 0 Å². The lowest BCUT2D eigenvalue weighted by Crippen LogP contribution is -2.21. The van der Waals surface area contributed by atoms with E-state index < -0.39 is 0 Å². The molecule has 1 atom stereocenters. The van der Waals surface area contributed by atoms with Gasteiger partial charge in [0.15, 0.2) is 0 Å². The highest BCUT2D eigenvalue weighted by Gasteiger charge is 2.10. The number of rotatable bonds is 4. The molecule has 2 nitrogen and oxygen atoms in total. The third-order valence-electron chi connectivity index (χ3n) is 2.23. The molecule has 0 amide bonds. The summed E-state index contributed by atoms with van der Waals surface area (Å²) in [5.41, 5.74) is 2.44. The fraction of sp³-hybridized carbons (Fsp3) is 0.417. The Labute approximate surface area is 85.8 Å². The maximum Gasteiger partial charge on any atom is 0.0448 e. The number of pyridine rings is 1. The molecule has 1 unspecified atom stereocenters. The van der Waals surface area contributed by atoms with Crippen LogP contribution in [0, 0.1) is 19.3 Å². The molecule has 0 spiro atoms. The molecule has 74 valence electrons. The highest BCUT2D eigenvalue weighted by Crippen LogP contribution is 2.18. The van der Waals surface area contributed by atoms with Crippen molar-refractivity contribution in [3.8, 4) is 12.3 Å². The van der Waals surface area contributed by atoms with E-state index in [1.54, 1.807) is 6.20 Å². The zero-order valence-corrected chi connectivity index (χ0v) is 8.75. The molecule has 1 rings (SSSR count). The van der Waals surface area contributed by atoms with Crippen molar-refractivity contribution in [1.29, 1.82) is 0 Å². The topological polar surface area (TPSA) is 24.9 Å². The molecule has 0 saturated carbocycles. The third kappa shape index (κ3) is 2.58. The highest BCUT2D eigenvalue weighted by atomic mass is 14.9. The lowest BCUT2D eigenvalue weighted by molar-refractivity contribution is 0.561. The van der Waals surface area contributed by atoms with Crippen LogP contribution in [0.4, 0.5) is 0 Å². The number of hydrogen-bond acceptors (Lipinski definition) is 2. The molecular weight excluding hydrogens is 172 g/mol. The van der Waals surface area contributed by atoms with Crippen molar-refractivity contribution in [1.82, 2.24) is 10.3 Å². The molecule has 0 saturated heterocycles. The normalized spacial score (nSPS) is 12.1. The van der Waals surface area contributed by atoms with E-state index in [0.29, 0.717) is 6.42 Å². The van der Waals surface area contributed by atoms with Crippen LogP contribution in [-0.4, -0.2) is 11.5 Å². The molecule has 14 heavy (non-hydrogen) atoms. The van der Waals surface area contributed by atoms with Gasteiger partial charge in [-0.05, 0) is 30.7 Å². The summed E-state index contributed by atoms with van der Waals surface area (Å²) in [6, 6.07) is 2.25. The summed E-state index contributed by atoms with van der Waals surface area (Å²) >= 11 is 0. The van der Waals surface area contributed by atoms with Crippen molar-refractivity contribution in [3.63, 3.8) is 0 Å². The Morgan fingerprint density at radius 3 is 3.00 bits per heavy atom. The molecule has 0 radical (unpaired) electrons. The van der Waals surface area contributed by atoms with E-state index in [0.717, 1.165) is 6.54 Å². The van der Waals surface area contributed by atoms with Gasteiger partial charge in [0.1, 0.15) is 0 Å². The zero-order valence-electron chi connectivity index (χ0n) is 8.75. The van der Waals surface area contributed by atoms with Gasteiger partial charge in [-0.2, -0.15) is 0 Å².